The molecule has 0 radical (unpaired) electrons. The minimum Gasteiger partial charge on any atom is -0.472 e. The monoisotopic (exact) mass is 177 g/mol. The second-order valence-corrected chi connectivity index (χ2v) is 2.97. The van der Waals surface area contributed by atoms with E-state index >= 15 is 0 Å². The molecule has 2 N–H and O–H groups in total. The lowest BCUT2D eigenvalue weighted by atomic mass is 10.0. The summed E-state index contributed by atoms with van der Waals surface area (Å²) in [6, 6.07) is 3.59. The number of rotatable bonds is 2. The van der Waals surface area contributed by atoms with Crippen molar-refractivity contribution in [2.75, 3.05) is 0 Å². The fourth-order valence-corrected chi connectivity index (χ4v) is 1.35. The van der Waals surface area contributed by atoms with Crippen molar-refractivity contribution in [1.82, 2.24) is 0 Å². The fraction of sp³-hybridized carbons (Fsp3) is 0.200. The Hall–Kier alpha value is -1.48. The summed E-state index contributed by atoms with van der Waals surface area (Å²) in [4.78, 5) is 0. The Morgan fingerprint density at radius 1 is 1.31 bits per heavy atom. The van der Waals surface area contributed by atoms with Gasteiger partial charge in [-0.3, -0.25) is 0 Å². The highest BCUT2D eigenvalue weighted by atomic mass is 16.3. The van der Waals surface area contributed by atoms with Crippen LogP contribution < -0.4 is 5.73 Å². The first-order chi connectivity index (χ1) is 6.29. The largest absolute Gasteiger partial charge is 0.472 e. The molecule has 0 amide bonds. The summed E-state index contributed by atoms with van der Waals surface area (Å²) < 4.78 is 10.1. The van der Waals surface area contributed by atoms with Gasteiger partial charge in [-0.15, -0.1) is 0 Å². The van der Waals surface area contributed by atoms with Crippen molar-refractivity contribution in [3.8, 4) is 0 Å². The maximum atomic E-state index is 5.99. The summed E-state index contributed by atoms with van der Waals surface area (Å²) in [6.07, 6.45) is 4.91. The first-order valence-electron chi connectivity index (χ1n) is 4.10. The van der Waals surface area contributed by atoms with Gasteiger partial charge in [0.05, 0.1) is 24.8 Å². The molecule has 0 aliphatic rings. The van der Waals surface area contributed by atoms with Crippen LogP contribution in [0.15, 0.2) is 39.8 Å². The average molecular weight is 177 g/mol. The molecule has 68 valence electrons. The molecule has 0 aliphatic carbocycles. The third kappa shape index (κ3) is 1.38. The highest BCUT2D eigenvalue weighted by Gasteiger charge is 2.13. The van der Waals surface area contributed by atoms with Crippen LogP contribution in [0.2, 0.25) is 0 Å². The Morgan fingerprint density at radius 3 is 2.69 bits per heavy atom. The maximum Gasteiger partial charge on any atom is 0.105 e. The van der Waals surface area contributed by atoms with Crippen LogP contribution in [0.1, 0.15) is 22.9 Å². The highest BCUT2D eigenvalue weighted by Crippen LogP contribution is 2.23. The first kappa shape index (κ1) is 8.13. The SMILES string of the molecule is Cc1occc1C(N)c1ccoc1. The molecular weight excluding hydrogens is 166 g/mol. The molecular formula is C10H11NO2. The number of furan rings is 2. The van der Waals surface area contributed by atoms with Gasteiger partial charge in [0.1, 0.15) is 5.76 Å². The van der Waals surface area contributed by atoms with Gasteiger partial charge in [-0.2, -0.15) is 0 Å². The summed E-state index contributed by atoms with van der Waals surface area (Å²) in [5, 5.41) is 0. The van der Waals surface area contributed by atoms with Gasteiger partial charge in [0, 0.05) is 11.1 Å². The Kier molecular flexibility index (Phi) is 1.94. The molecule has 2 aromatic heterocycles. The van der Waals surface area contributed by atoms with E-state index in [4.69, 9.17) is 14.6 Å². The van der Waals surface area contributed by atoms with Crippen LogP contribution in [0.3, 0.4) is 0 Å². The van der Waals surface area contributed by atoms with Crippen molar-refractivity contribution in [2.45, 2.75) is 13.0 Å². The molecule has 2 heterocycles. The van der Waals surface area contributed by atoms with E-state index in [1.165, 1.54) is 0 Å². The minimum atomic E-state index is -0.155. The Balaban J connectivity index is 2.33. The molecule has 0 saturated heterocycles. The normalized spacial score (nSPS) is 13.1. The molecule has 2 aromatic rings. The lowest BCUT2D eigenvalue weighted by Crippen LogP contribution is -2.10. The molecule has 1 atom stereocenters. The standard InChI is InChI=1S/C10H11NO2/c1-7-9(3-5-13-7)10(11)8-2-4-12-6-8/h2-6,10H,11H2,1H3. The van der Waals surface area contributed by atoms with Crippen LogP contribution in [0.25, 0.3) is 0 Å². The van der Waals surface area contributed by atoms with Crippen molar-refractivity contribution >= 4 is 0 Å². The number of hydrogen-bond acceptors (Lipinski definition) is 3. The summed E-state index contributed by atoms with van der Waals surface area (Å²) in [5.74, 6) is 0.855. The van der Waals surface area contributed by atoms with Crippen molar-refractivity contribution in [3.63, 3.8) is 0 Å². The van der Waals surface area contributed by atoms with E-state index < -0.39 is 0 Å². The van der Waals surface area contributed by atoms with Crippen LogP contribution in [-0.2, 0) is 0 Å². The lowest BCUT2D eigenvalue weighted by molar-refractivity contribution is 0.526. The molecule has 0 spiro atoms. The zero-order valence-corrected chi connectivity index (χ0v) is 7.36. The zero-order chi connectivity index (χ0) is 9.26. The molecule has 0 bridgehead atoms. The third-order valence-electron chi connectivity index (χ3n) is 2.14. The van der Waals surface area contributed by atoms with E-state index in [-0.39, 0.29) is 6.04 Å². The van der Waals surface area contributed by atoms with Gasteiger partial charge in [0.25, 0.3) is 0 Å². The lowest BCUT2D eigenvalue weighted by Gasteiger charge is -2.06. The second kappa shape index (κ2) is 3.11. The molecule has 13 heavy (non-hydrogen) atoms. The van der Waals surface area contributed by atoms with E-state index in [1.54, 1.807) is 18.8 Å². The van der Waals surface area contributed by atoms with Gasteiger partial charge in [-0.25, -0.2) is 0 Å². The van der Waals surface area contributed by atoms with Crippen molar-refractivity contribution in [3.05, 3.63) is 47.8 Å². The second-order valence-electron chi connectivity index (χ2n) is 2.97. The summed E-state index contributed by atoms with van der Waals surface area (Å²) in [5.41, 5.74) is 7.95. The van der Waals surface area contributed by atoms with E-state index in [0.717, 1.165) is 16.9 Å². The van der Waals surface area contributed by atoms with Crippen molar-refractivity contribution in [2.24, 2.45) is 5.73 Å². The predicted octanol–water partition coefficient (Wildman–Crippen LogP) is 2.23. The molecule has 1 unspecified atom stereocenters. The van der Waals surface area contributed by atoms with Crippen LogP contribution >= 0.6 is 0 Å². The zero-order valence-electron chi connectivity index (χ0n) is 7.36. The van der Waals surface area contributed by atoms with E-state index in [0.29, 0.717) is 0 Å². The van der Waals surface area contributed by atoms with E-state index in [2.05, 4.69) is 0 Å². The molecule has 0 aromatic carbocycles. The van der Waals surface area contributed by atoms with Gasteiger partial charge in [0.2, 0.25) is 0 Å². The van der Waals surface area contributed by atoms with E-state index in [9.17, 15) is 0 Å². The third-order valence-corrected chi connectivity index (χ3v) is 2.14. The highest BCUT2D eigenvalue weighted by molar-refractivity contribution is 5.29. The average Bonchev–Trinajstić information content (AvgIpc) is 2.72. The van der Waals surface area contributed by atoms with Crippen LogP contribution in [-0.4, -0.2) is 0 Å². The topological polar surface area (TPSA) is 52.3 Å². The number of hydrogen-bond donors (Lipinski definition) is 1. The Labute approximate surface area is 76.1 Å². The minimum absolute atomic E-state index is 0.155. The Bertz CT molecular complexity index is 375. The summed E-state index contributed by atoms with van der Waals surface area (Å²) in [7, 11) is 0. The van der Waals surface area contributed by atoms with Gasteiger partial charge in [-0.1, -0.05) is 0 Å². The van der Waals surface area contributed by atoms with Crippen LogP contribution in [0.4, 0.5) is 0 Å². The molecule has 2 rings (SSSR count). The van der Waals surface area contributed by atoms with Gasteiger partial charge < -0.3 is 14.6 Å². The fourth-order valence-electron chi connectivity index (χ4n) is 1.35. The molecule has 0 saturated carbocycles. The maximum absolute atomic E-state index is 5.99. The molecule has 0 fully saturated rings. The van der Waals surface area contributed by atoms with Gasteiger partial charge in [-0.05, 0) is 19.1 Å². The van der Waals surface area contributed by atoms with Crippen LogP contribution in [0.5, 0.6) is 0 Å². The Morgan fingerprint density at radius 2 is 2.15 bits per heavy atom. The number of aryl methyl sites for hydroxylation is 1. The summed E-state index contributed by atoms with van der Waals surface area (Å²) in [6.45, 7) is 1.90. The first-order valence-corrected chi connectivity index (χ1v) is 4.10. The molecule has 0 aliphatic heterocycles. The summed E-state index contributed by atoms with van der Waals surface area (Å²) >= 11 is 0. The quantitative estimate of drug-likeness (QED) is 0.765. The predicted molar refractivity (Wildman–Crippen MR) is 48.2 cm³/mol. The smallest absolute Gasteiger partial charge is 0.105 e. The van der Waals surface area contributed by atoms with Gasteiger partial charge >= 0.3 is 0 Å². The number of nitrogens with two attached hydrogens (primary N) is 1. The molecule has 3 nitrogen and oxygen atoms in total. The van der Waals surface area contributed by atoms with Gasteiger partial charge in [0.15, 0.2) is 0 Å². The molecule has 3 heteroatoms. The van der Waals surface area contributed by atoms with Crippen molar-refractivity contribution < 1.29 is 8.83 Å². The van der Waals surface area contributed by atoms with Crippen LogP contribution in [0, 0.1) is 6.92 Å². The van der Waals surface area contributed by atoms with Crippen molar-refractivity contribution in [1.29, 1.82) is 0 Å². The van der Waals surface area contributed by atoms with E-state index in [1.807, 2.05) is 19.1 Å².